The Bertz CT molecular complexity index is 1120. The third kappa shape index (κ3) is 5.36. The number of amides is 1. The number of aromatic amines is 1. The van der Waals surface area contributed by atoms with Crippen molar-refractivity contribution in [2.75, 3.05) is 6.61 Å². The van der Waals surface area contributed by atoms with Crippen molar-refractivity contribution in [2.24, 2.45) is 5.41 Å². The normalized spacial score (nSPS) is 13.5. The maximum atomic E-state index is 12.5. The lowest BCUT2D eigenvalue weighted by Gasteiger charge is -2.28. The molecular formula is C23H23N5O4. The van der Waals surface area contributed by atoms with Gasteiger partial charge in [-0.15, -0.1) is 0 Å². The molecule has 0 saturated carbocycles. The number of aliphatic hydroxyl groups excluding tert-OH is 1. The fourth-order valence-electron chi connectivity index (χ4n) is 3.39. The summed E-state index contributed by atoms with van der Waals surface area (Å²) in [5.74, 6) is -1.63. The summed E-state index contributed by atoms with van der Waals surface area (Å²) >= 11 is 0. The topological polar surface area (TPSA) is 152 Å². The molecule has 164 valence electrons. The maximum Gasteiger partial charge on any atom is 0.311 e. The predicted molar refractivity (Wildman–Crippen MR) is 115 cm³/mol. The highest BCUT2D eigenvalue weighted by Crippen LogP contribution is 2.26. The molecule has 1 amide bonds. The van der Waals surface area contributed by atoms with Crippen LogP contribution in [-0.4, -0.2) is 50.1 Å². The molecule has 0 aliphatic rings. The van der Waals surface area contributed by atoms with Crippen LogP contribution in [0.25, 0.3) is 11.1 Å². The summed E-state index contributed by atoms with van der Waals surface area (Å²) in [5.41, 5.74) is 1.95. The smallest absolute Gasteiger partial charge is 0.311 e. The first-order chi connectivity index (χ1) is 15.3. The number of nitrogens with one attached hydrogen (secondary N) is 2. The highest BCUT2D eigenvalue weighted by atomic mass is 16.4. The second-order valence-electron chi connectivity index (χ2n) is 7.85. The van der Waals surface area contributed by atoms with Crippen LogP contribution in [0.3, 0.4) is 0 Å². The SMILES string of the molecule is CC(CO)(C[C@@H](Cc1ccc(-c2cccc(C#N)c2)cc1)NC(=O)c1cn[nH]n1)C(=O)O. The van der Waals surface area contributed by atoms with Crippen LogP contribution in [0.5, 0.6) is 0 Å². The number of nitriles is 1. The van der Waals surface area contributed by atoms with Gasteiger partial charge < -0.3 is 15.5 Å². The van der Waals surface area contributed by atoms with Crippen molar-refractivity contribution >= 4 is 11.9 Å². The molecule has 2 atom stereocenters. The second-order valence-corrected chi connectivity index (χ2v) is 7.85. The molecule has 0 spiro atoms. The number of rotatable bonds is 9. The first kappa shape index (κ1) is 22.7. The lowest BCUT2D eigenvalue weighted by molar-refractivity contribution is -0.151. The van der Waals surface area contributed by atoms with E-state index in [9.17, 15) is 19.8 Å². The summed E-state index contributed by atoms with van der Waals surface area (Å²) in [4.78, 5) is 24.2. The van der Waals surface area contributed by atoms with Gasteiger partial charge in [-0.1, -0.05) is 36.4 Å². The maximum absolute atomic E-state index is 12.5. The largest absolute Gasteiger partial charge is 0.481 e. The Labute approximate surface area is 184 Å². The number of benzene rings is 2. The van der Waals surface area contributed by atoms with Gasteiger partial charge in [-0.05, 0) is 48.6 Å². The van der Waals surface area contributed by atoms with Gasteiger partial charge in [0.15, 0.2) is 5.69 Å². The molecule has 32 heavy (non-hydrogen) atoms. The average molecular weight is 433 g/mol. The number of carboxylic acid groups (broad SMARTS) is 1. The monoisotopic (exact) mass is 433 g/mol. The lowest BCUT2D eigenvalue weighted by Crippen LogP contribution is -2.44. The average Bonchev–Trinajstić information content (AvgIpc) is 3.34. The summed E-state index contributed by atoms with van der Waals surface area (Å²) in [6, 6.07) is 16.4. The van der Waals surface area contributed by atoms with E-state index in [0.29, 0.717) is 12.0 Å². The van der Waals surface area contributed by atoms with Crippen LogP contribution in [0.1, 0.15) is 35.0 Å². The molecule has 3 rings (SSSR count). The van der Waals surface area contributed by atoms with Gasteiger partial charge in [0.05, 0.1) is 29.9 Å². The van der Waals surface area contributed by atoms with Gasteiger partial charge in [-0.2, -0.15) is 20.7 Å². The number of H-pyrrole nitrogens is 1. The van der Waals surface area contributed by atoms with E-state index in [0.717, 1.165) is 16.7 Å². The summed E-state index contributed by atoms with van der Waals surface area (Å²) < 4.78 is 0. The second kappa shape index (κ2) is 9.85. The van der Waals surface area contributed by atoms with Crippen LogP contribution in [0.15, 0.2) is 54.7 Å². The minimum absolute atomic E-state index is 0.0222. The van der Waals surface area contributed by atoms with Crippen molar-refractivity contribution in [2.45, 2.75) is 25.8 Å². The number of nitrogens with zero attached hydrogens (tertiary/aromatic N) is 3. The molecule has 9 nitrogen and oxygen atoms in total. The first-order valence-corrected chi connectivity index (χ1v) is 9.95. The zero-order chi connectivity index (χ0) is 23.1. The fraction of sp³-hybridized carbons (Fsp3) is 0.261. The molecule has 0 bridgehead atoms. The predicted octanol–water partition coefficient (Wildman–Crippen LogP) is 2.16. The van der Waals surface area contributed by atoms with Crippen LogP contribution < -0.4 is 5.32 Å². The van der Waals surface area contributed by atoms with Gasteiger partial charge in [0, 0.05) is 6.04 Å². The third-order valence-electron chi connectivity index (χ3n) is 5.31. The minimum Gasteiger partial charge on any atom is -0.481 e. The van der Waals surface area contributed by atoms with Crippen LogP contribution in [-0.2, 0) is 11.2 Å². The summed E-state index contributed by atoms with van der Waals surface area (Å²) in [6.45, 7) is 0.878. The van der Waals surface area contributed by atoms with Gasteiger partial charge in [0.1, 0.15) is 0 Å². The molecule has 0 aliphatic heterocycles. The molecule has 4 N–H and O–H groups in total. The van der Waals surface area contributed by atoms with Crippen molar-refractivity contribution in [3.05, 3.63) is 71.5 Å². The quantitative estimate of drug-likeness (QED) is 0.403. The Hall–Kier alpha value is -4.03. The number of hydrogen-bond acceptors (Lipinski definition) is 6. The number of hydrogen-bond donors (Lipinski definition) is 4. The molecule has 1 heterocycles. The molecule has 3 aromatic rings. The first-order valence-electron chi connectivity index (χ1n) is 9.95. The molecule has 2 aromatic carbocycles. The number of aromatic nitrogens is 3. The molecule has 9 heteroatoms. The Morgan fingerprint density at radius 2 is 1.97 bits per heavy atom. The molecule has 0 saturated heterocycles. The van der Waals surface area contributed by atoms with Crippen molar-refractivity contribution in [1.82, 2.24) is 20.7 Å². The van der Waals surface area contributed by atoms with E-state index in [1.54, 1.807) is 12.1 Å². The summed E-state index contributed by atoms with van der Waals surface area (Å²) in [5, 5.41) is 40.8. The highest BCUT2D eigenvalue weighted by molar-refractivity contribution is 5.92. The molecule has 0 aliphatic carbocycles. The van der Waals surface area contributed by atoms with Crippen molar-refractivity contribution in [3.8, 4) is 17.2 Å². The van der Waals surface area contributed by atoms with Crippen molar-refractivity contribution in [1.29, 1.82) is 5.26 Å². The zero-order valence-electron chi connectivity index (χ0n) is 17.4. The van der Waals surface area contributed by atoms with Gasteiger partial charge in [-0.3, -0.25) is 9.59 Å². The Kier molecular flexibility index (Phi) is 6.97. The molecule has 0 fully saturated rings. The number of carboxylic acids is 1. The fourth-order valence-corrected chi connectivity index (χ4v) is 3.39. The summed E-state index contributed by atoms with van der Waals surface area (Å²) in [7, 11) is 0. The zero-order valence-corrected chi connectivity index (χ0v) is 17.4. The van der Waals surface area contributed by atoms with Gasteiger partial charge >= 0.3 is 5.97 Å². The van der Waals surface area contributed by atoms with E-state index in [-0.39, 0.29) is 12.1 Å². The van der Waals surface area contributed by atoms with Crippen molar-refractivity contribution < 1.29 is 19.8 Å². The van der Waals surface area contributed by atoms with E-state index >= 15 is 0 Å². The minimum atomic E-state index is -1.42. The Morgan fingerprint density at radius 1 is 1.22 bits per heavy atom. The van der Waals surface area contributed by atoms with Crippen LogP contribution >= 0.6 is 0 Å². The van der Waals surface area contributed by atoms with Crippen molar-refractivity contribution in [3.63, 3.8) is 0 Å². The van der Waals surface area contributed by atoms with Gasteiger partial charge in [0.2, 0.25) is 0 Å². The van der Waals surface area contributed by atoms with E-state index in [1.165, 1.54) is 13.1 Å². The number of aliphatic hydroxyl groups is 1. The number of carbonyl (C=O) groups is 2. The molecule has 1 unspecified atom stereocenters. The third-order valence-corrected chi connectivity index (χ3v) is 5.31. The van der Waals surface area contributed by atoms with E-state index < -0.39 is 29.9 Å². The lowest BCUT2D eigenvalue weighted by atomic mass is 9.82. The highest BCUT2D eigenvalue weighted by Gasteiger charge is 2.36. The summed E-state index contributed by atoms with van der Waals surface area (Å²) in [6.07, 6.45) is 1.65. The van der Waals surface area contributed by atoms with Crippen LogP contribution in [0.4, 0.5) is 0 Å². The number of aliphatic carboxylic acids is 1. The Balaban J connectivity index is 1.80. The van der Waals surface area contributed by atoms with Gasteiger partial charge in [0.25, 0.3) is 5.91 Å². The van der Waals surface area contributed by atoms with E-state index in [2.05, 4.69) is 26.8 Å². The van der Waals surface area contributed by atoms with E-state index in [1.807, 2.05) is 36.4 Å². The van der Waals surface area contributed by atoms with Gasteiger partial charge in [-0.25, -0.2) is 0 Å². The molecule has 1 aromatic heterocycles. The van der Waals surface area contributed by atoms with Crippen LogP contribution in [0, 0.1) is 16.7 Å². The Morgan fingerprint density at radius 3 is 2.56 bits per heavy atom. The number of carbonyl (C=O) groups excluding carboxylic acids is 1. The van der Waals surface area contributed by atoms with E-state index in [4.69, 9.17) is 5.26 Å². The standard InChI is InChI=1S/C23H23N5O4/c1-23(14-29,22(31)32)11-19(26-21(30)20-13-25-28-27-20)10-15-5-7-17(8-6-15)18-4-2-3-16(9-18)12-24/h2-9,13,19,29H,10-11,14H2,1H3,(H,26,30)(H,31,32)(H,25,27,28)/t19-,23?/m1/s1. The molecule has 0 radical (unpaired) electrons. The molecular weight excluding hydrogens is 410 g/mol. The van der Waals surface area contributed by atoms with Crippen LogP contribution in [0.2, 0.25) is 0 Å².